The summed E-state index contributed by atoms with van der Waals surface area (Å²) in [5.74, 6) is -0.0313. The van der Waals surface area contributed by atoms with E-state index in [0.29, 0.717) is 13.2 Å². The molecule has 0 fully saturated rings. The molecule has 0 bridgehead atoms. The maximum absolute atomic E-state index is 11.4. The largest absolute Gasteiger partial charge is 0.383 e. The van der Waals surface area contributed by atoms with Crippen LogP contribution in [-0.2, 0) is 4.74 Å². The minimum Gasteiger partial charge on any atom is -0.383 e. The molecule has 0 aliphatic carbocycles. The monoisotopic (exact) mass is 311 g/mol. The Balaban J connectivity index is 2.40. The Bertz CT molecular complexity index is 287. The lowest BCUT2D eigenvalue weighted by atomic mass is 10.3. The van der Waals surface area contributed by atoms with E-state index in [1.54, 1.807) is 18.4 Å². The number of rotatable bonds is 4. The molecule has 0 radical (unpaired) electrons. The van der Waals surface area contributed by atoms with Crippen molar-refractivity contribution in [3.8, 4) is 0 Å². The Morgan fingerprint density at radius 3 is 3.08 bits per heavy atom. The van der Waals surface area contributed by atoms with Crippen LogP contribution in [0, 0.1) is 2.88 Å². The number of carbonyl (C=O) groups is 1. The van der Waals surface area contributed by atoms with E-state index in [-0.39, 0.29) is 5.91 Å². The van der Waals surface area contributed by atoms with Crippen LogP contribution in [0.4, 0.5) is 0 Å². The quantitative estimate of drug-likeness (QED) is 0.679. The highest BCUT2D eigenvalue weighted by Crippen LogP contribution is 2.16. The smallest absolute Gasteiger partial charge is 0.252 e. The van der Waals surface area contributed by atoms with Gasteiger partial charge in [-0.2, -0.15) is 0 Å². The summed E-state index contributed by atoms with van der Waals surface area (Å²) < 4.78 is 5.94. The van der Waals surface area contributed by atoms with Crippen LogP contribution in [-0.4, -0.2) is 26.2 Å². The highest BCUT2D eigenvalue weighted by molar-refractivity contribution is 14.1. The summed E-state index contributed by atoms with van der Waals surface area (Å²) >= 11 is 3.76. The second-order valence-electron chi connectivity index (χ2n) is 2.39. The highest BCUT2D eigenvalue weighted by Gasteiger charge is 2.05. The molecular formula is C8H10INO2S. The number of ether oxygens (including phenoxy) is 1. The summed E-state index contributed by atoms with van der Waals surface area (Å²) in [6.45, 7) is 1.11. The Labute approximate surface area is 94.6 Å². The average Bonchev–Trinajstić information content (AvgIpc) is 2.52. The molecule has 72 valence electrons. The number of hydrogen-bond donors (Lipinski definition) is 1. The Hall–Kier alpha value is -0.140. The van der Waals surface area contributed by atoms with Crippen LogP contribution in [0.2, 0.25) is 0 Å². The second kappa shape index (κ2) is 5.56. The van der Waals surface area contributed by atoms with Crippen LogP contribution < -0.4 is 5.32 Å². The van der Waals surface area contributed by atoms with Crippen molar-refractivity contribution < 1.29 is 9.53 Å². The second-order valence-corrected chi connectivity index (χ2v) is 5.19. The first kappa shape index (κ1) is 10.9. The third-order valence-corrected chi connectivity index (χ3v) is 3.21. The van der Waals surface area contributed by atoms with Gasteiger partial charge >= 0.3 is 0 Å². The SMILES string of the molecule is COCCNC(=O)c1csc(I)c1. The van der Waals surface area contributed by atoms with Crippen LogP contribution in [0.15, 0.2) is 11.4 Å². The van der Waals surface area contributed by atoms with Crippen molar-refractivity contribution >= 4 is 39.8 Å². The molecule has 0 aliphatic rings. The van der Waals surface area contributed by atoms with Gasteiger partial charge < -0.3 is 10.1 Å². The van der Waals surface area contributed by atoms with Gasteiger partial charge in [0.25, 0.3) is 5.91 Å². The van der Waals surface area contributed by atoms with Crippen LogP contribution in [0.1, 0.15) is 10.4 Å². The van der Waals surface area contributed by atoms with Crippen molar-refractivity contribution in [1.29, 1.82) is 0 Å². The summed E-state index contributed by atoms with van der Waals surface area (Å²) in [5, 5.41) is 4.60. The molecule has 1 heterocycles. The van der Waals surface area contributed by atoms with Gasteiger partial charge in [-0.25, -0.2) is 0 Å². The average molecular weight is 311 g/mol. The maximum atomic E-state index is 11.4. The topological polar surface area (TPSA) is 38.3 Å². The lowest BCUT2D eigenvalue weighted by Gasteiger charge is -2.01. The van der Waals surface area contributed by atoms with E-state index in [1.807, 2.05) is 11.4 Å². The molecule has 5 heteroatoms. The molecule has 1 rings (SSSR count). The van der Waals surface area contributed by atoms with Crippen LogP contribution >= 0.6 is 33.9 Å². The summed E-state index contributed by atoms with van der Waals surface area (Å²) in [6.07, 6.45) is 0. The molecule has 0 saturated heterocycles. The molecule has 1 aromatic rings. The molecule has 0 atom stereocenters. The van der Waals surface area contributed by atoms with Crippen LogP contribution in [0.5, 0.6) is 0 Å². The Morgan fingerprint density at radius 1 is 1.77 bits per heavy atom. The summed E-state index contributed by atoms with van der Waals surface area (Å²) in [5.41, 5.74) is 0.727. The molecular weight excluding hydrogens is 301 g/mol. The molecule has 0 aliphatic heterocycles. The first-order chi connectivity index (χ1) is 6.24. The zero-order valence-electron chi connectivity index (χ0n) is 7.17. The number of methoxy groups -OCH3 is 1. The fourth-order valence-electron chi connectivity index (χ4n) is 0.798. The van der Waals surface area contributed by atoms with Gasteiger partial charge in [0, 0.05) is 19.0 Å². The van der Waals surface area contributed by atoms with Crippen molar-refractivity contribution in [3.63, 3.8) is 0 Å². The van der Waals surface area contributed by atoms with Crippen molar-refractivity contribution in [2.45, 2.75) is 0 Å². The van der Waals surface area contributed by atoms with Crippen molar-refractivity contribution in [2.75, 3.05) is 20.3 Å². The lowest BCUT2D eigenvalue weighted by Crippen LogP contribution is -2.26. The van der Waals surface area contributed by atoms with E-state index >= 15 is 0 Å². The Morgan fingerprint density at radius 2 is 2.54 bits per heavy atom. The summed E-state index contributed by atoms with van der Waals surface area (Å²) in [4.78, 5) is 11.4. The fraction of sp³-hybridized carbons (Fsp3) is 0.375. The van der Waals surface area contributed by atoms with Crippen LogP contribution in [0.25, 0.3) is 0 Å². The number of hydrogen-bond acceptors (Lipinski definition) is 3. The van der Waals surface area contributed by atoms with Gasteiger partial charge in [0.15, 0.2) is 0 Å². The highest BCUT2D eigenvalue weighted by atomic mass is 127. The van der Waals surface area contributed by atoms with E-state index in [1.165, 1.54) is 0 Å². The van der Waals surface area contributed by atoms with Gasteiger partial charge in [-0.05, 0) is 28.7 Å². The number of thiophene rings is 1. The predicted molar refractivity (Wildman–Crippen MR) is 61.2 cm³/mol. The van der Waals surface area contributed by atoms with Gasteiger partial charge in [0.2, 0.25) is 0 Å². The zero-order valence-corrected chi connectivity index (χ0v) is 10.1. The first-order valence-electron chi connectivity index (χ1n) is 3.75. The van der Waals surface area contributed by atoms with E-state index in [4.69, 9.17) is 4.74 Å². The van der Waals surface area contributed by atoms with Crippen LogP contribution in [0.3, 0.4) is 0 Å². The number of carbonyl (C=O) groups excluding carboxylic acids is 1. The number of halogens is 1. The molecule has 0 unspecified atom stereocenters. The van der Waals surface area contributed by atoms with E-state index in [0.717, 1.165) is 8.45 Å². The third kappa shape index (κ3) is 3.61. The molecule has 1 N–H and O–H groups in total. The van der Waals surface area contributed by atoms with Gasteiger partial charge in [-0.1, -0.05) is 0 Å². The van der Waals surface area contributed by atoms with E-state index in [2.05, 4.69) is 27.9 Å². The summed E-state index contributed by atoms with van der Waals surface area (Å²) in [7, 11) is 1.61. The first-order valence-corrected chi connectivity index (χ1v) is 5.71. The van der Waals surface area contributed by atoms with Gasteiger partial charge in [-0.15, -0.1) is 11.3 Å². The molecule has 1 aromatic heterocycles. The fourth-order valence-corrected chi connectivity index (χ4v) is 2.12. The maximum Gasteiger partial charge on any atom is 0.252 e. The van der Waals surface area contributed by atoms with E-state index < -0.39 is 0 Å². The third-order valence-electron chi connectivity index (χ3n) is 1.42. The van der Waals surface area contributed by atoms with Crippen molar-refractivity contribution in [1.82, 2.24) is 5.32 Å². The summed E-state index contributed by atoms with van der Waals surface area (Å²) in [6, 6.07) is 1.87. The van der Waals surface area contributed by atoms with Gasteiger partial charge in [0.1, 0.15) is 0 Å². The number of amides is 1. The van der Waals surface area contributed by atoms with Crippen molar-refractivity contribution in [3.05, 3.63) is 19.9 Å². The minimum absolute atomic E-state index is 0.0313. The molecule has 0 aromatic carbocycles. The molecule has 13 heavy (non-hydrogen) atoms. The van der Waals surface area contributed by atoms with Gasteiger partial charge in [0.05, 0.1) is 15.1 Å². The van der Waals surface area contributed by atoms with E-state index in [9.17, 15) is 4.79 Å². The molecule has 0 spiro atoms. The molecule has 3 nitrogen and oxygen atoms in total. The zero-order chi connectivity index (χ0) is 9.68. The Kier molecular flexibility index (Phi) is 4.68. The predicted octanol–water partition coefficient (Wildman–Crippen LogP) is 1.73. The minimum atomic E-state index is -0.0313. The standard InChI is InChI=1S/C8H10INO2S/c1-12-3-2-10-8(11)6-4-7(9)13-5-6/h4-5H,2-3H2,1H3,(H,10,11). The van der Waals surface area contributed by atoms with Gasteiger partial charge in [-0.3, -0.25) is 4.79 Å². The van der Waals surface area contributed by atoms with Crippen molar-refractivity contribution in [2.24, 2.45) is 0 Å². The molecule has 1 amide bonds. The lowest BCUT2D eigenvalue weighted by molar-refractivity contribution is 0.0937. The molecule has 0 saturated carbocycles. The normalized spacial score (nSPS) is 10.0. The number of nitrogens with one attached hydrogen (secondary N) is 1.